The molecule has 1 spiro atoms. The Morgan fingerprint density at radius 2 is 1.74 bits per heavy atom. The fourth-order valence-corrected chi connectivity index (χ4v) is 3.71. The van der Waals surface area contributed by atoms with Crippen LogP contribution in [0.4, 0.5) is 9.18 Å². The summed E-state index contributed by atoms with van der Waals surface area (Å²) < 4.78 is 17.8. The van der Waals surface area contributed by atoms with Crippen LogP contribution in [0, 0.1) is 5.82 Å². The number of urea groups is 1. The number of carbonyl (C=O) groups excluding carboxylic acids is 4. The molecule has 27 heavy (non-hydrogen) atoms. The van der Waals surface area contributed by atoms with Gasteiger partial charge in [0.15, 0.2) is 12.4 Å². The minimum absolute atomic E-state index is 0.207. The second-order valence-electron chi connectivity index (χ2n) is 6.92. The largest absolute Gasteiger partial charge is 0.456 e. The van der Waals surface area contributed by atoms with Crippen molar-refractivity contribution in [2.45, 2.75) is 37.6 Å². The zero-order valence-corrected chi connectivity index (χ0v) is 15.1. The molecule has 144 valence electrons. The van der Waals surface area contributed by atoms with Gasteiger partial charge in [0.2, 0.25) is 0 Å². The maximum absolute atomic E-state index is 12.9. The Hall–Kier alpha value is -2.77. The van der Waals surface area contributed by atoms with Crippen LogP contribution in [0.3, 0.4) is 0 Å². The number of Topliss-reactive ketones (excluding diaryl/α,β-unsaturated/α-hetero) is 1. The Kier molecular flexibility index (Phi) is 5.25. The van der Waals surface area contributed by atoms with E-state index in [1.165, 1.54) is 17.0 Å². The second kappa shape index (κ2) is 7.46. The lowest BCUT2D eigenvalue weighted by Crippen LogP contribution is -2.49. The highest BCUT2D eigenvalue weighted by atomic mass is 19.1. The van der Waals surface area contributed by atoms with Crippen LogP contribution in [-0.4, -0.2) is 59.2 Å². The summed E-state index contributed by atoms with van der Waals surface area (Å²) in [6, 6.07) is 4.33. The number of ketones is 1. The minimum Gasteiger partial charge on any atom is -0.456 e. The molecule has 3 amide bonds. The third-order valence-electron chi connectivity index (χ3n) is 5.30. The zero-order chi connectivity index (χ0) is 19.6. The number of carbonyl (C=O) groups is 4. The van der Waals surface area contributed by atoms with E-state index in [1.54, 1.807) is 7.05 Å². The van der Waals surface area contributed by atoms with Gasteiger partial charge in [-0.2, -0.15) is 0 Å². The monoisotopic (exact) mass is 376 g/mol. The van der Waals surface area contributed by atoms with E-state index in [0.29, 0.717) is 12.8 Å². The van der Waals surface area contributed by atoms with E-state index < -0.39 is 42.3 Å². The van der Waals surface area contributed by atoms with E-state index in [4.69, 9.17) is 4.74 Å². The molecule has 0 bridgehead atoms. The van der Waals surface area contributed by atoms with Crippen molar-refractivity contribution in [1.29, 1.82) is 0 Å². The van der Waals surface area contributed by atoms with Crippen molar-refractivity contribution in [2.75, 3.05) is 20.2 Å². The van der Waals surface area contributed by atoms with Crippen molar-refractivity contribution in [3.8, 4) is 0 Å². The van der Waals surface area contributed by atoms with E-state index in [0.717, 1.165) is 36.3 Å². The molecule has 1 heterocycles. The van der Waals surface area contributed by atoms with Gasteiger partial charge in [-0.3, -0.25) is 19.3 Å². The van der Waals surface area contributed by atoms with Crippen molar-refractivity contribution < 1.29 is 28.3 Å². The quantitative estimate of drug-likeness (QED) is 0.447. The minimum atomic E-state index is -0.862. The molecule has 1 aliphatic heterocycles. The zero-order valence-electron chi connectivity index (χ0n) is 15.1. The Bertz CT molecular complexity index is 771. The standard InChI is InChI=1S/C19H21FN2O5/c1-21-18(26)22(17(25)19(21)9-3-2-4-10-19)11-16(24)27-12-15(23)13-5-7-14(20)8-6-13/h5-8H,2-4,9-12H2,1H3. The molecule has 0 radical (unpaired) electrons. The third-order valence-corrected chi connectivity index (χ3v) is 5.30. The number of halogens is 1. The second-order valence-corrected chi connectivity index (χ2v) is 6.92. The fourth-order valence-electron chi connectivity index (χ4n) is 3.71. The highest BCUT2D eigenvalue weighted by molar-refractivity contribution is 6.08. The first kappa shape index (κ1) is 19.0. The molecule has 0 N–H and O–H groups in total. The molecule has 0 aromatic heterocycles. The van der Waals surface area contributed by atoms with E-state index in [9.17, 15) is 23.6 Å². The Labute approximate surface area is 156 Å². The first-order chi connectivity index (χ1) is 12.8. The number of imide groups is 1. The number of ether oxygens (including phenoxy) is 1. The normalized spacial score (nSPS) is 18.9. The van der Waals surface area contributed by atoms with E-state index >= 15 is 0 Å². The topological polar surface area (TPSA) is 84.0 Å². The predicted octanol–water partition coefficient (Wildman–Crippen LogP) is 2.15. The van der Waals surface area contributed by atoms with Gasteiger partial charge >= 0.3 is 12.0 Å². The first-order valence-electron chi connectivity index (χ1n) is 8.89. The van der Waals surface area contributed by atoms with Gasteiger partial charge in [0.05, 0.1) is 0 Å². The number of hydrogen-bond donors (Lipinski definition) is 0. The van der Waals surface area contributed by atoms with Crippen LogP contribution in [0.5, 0.6) is 0 Å². The van der Waals surface area contributed by atoms with Crippen LogP contribution in [0.15, 0.2) is 24.3 Å². The van der Waals surface area contributed by atoms with Crippen molar-refractivity contribution in [3.05, 3.63) is 35.6 Å². The van der Waals surface area contributed by atoms with E-state index in [1.807, 2.05) is 0 Å². The number of hydrogen-bond acceptors (Lipinski definition) is 5. The molecule has 1 aromatic carbocycles. The Morgan fingerprint density at radius 3 is 2.37 bits per heavy atom. The number of esters is 1. The summed E-state index contributed by atoms with van der Waals surface area (Å²) in [4.78, 5) is 51.6. The average molecular weight is 376 g/mol. The summed E-state index contributed by atoms with van der Waals surface area (Å²) in [7, 11) is 1.58. The molecular formula is C19H21FN2O5. The first-order valence-corrected chi connectivity index (χ1v) is 8.89. The van der Waals surface area contributed by atoms with E-state index in [2.05, 4.69) is 0 Å². The SMILES string of the molecule is CN1C(=O)N(CC(=O)OCC(=O)c2ccc(F)cc2)C(=O)C12CCCCC2. The van der Waals surface area contributed by atoms with Crippen molar-refractivity contribution >= 4 is 23.7 Å². The van der Waals surface area contributed by atoms with Gasteiger partial charge in [0.25, 0.3) is 5.91 Å². The Balaban J connectivity index is 1.59. The van der Waals surface area contributed by atoms with Gasteiger partial charge in [-0.1, -0.05) is 19.3 Å². The van der Waals surface area contributed by atoms with Crippen molar-refractivity contribution in [1.82, 2.24) is 9.80 Å². The summed E-state index contributed by atoms with van der Waals surface area (Å²) in [6.07, 6.45) is 3.90. The third kappa shape index (κ3) is 3.56. The van der Waals surface area contributed by atoms with Crippen LogP contribution < -0.4 is 0 Å². The molecular weight excluding hydrogens is 355 g/mol. The molecule has 2 fully saturated rings. The van der Waals surface area contributed by atoms with Gasteiger partial charge < -0.3 is 9.64 Å². The summed E-state index contributed by atoms with van der Waals surface area (Å²) in [5.41, 5.74) is -0.655. The van der Waals surface area contributed by atoms with Crippen molar-refractivity contribution in [2.24, 2.45) is 0 Å². The summed E-state index contributed by atoms with van der Waals surface area (Å²) in [6.45, 7) is -1.07. The smallest absolute Gasteiger partial charge is 0.327 e. The molecule has 0 unspecified atom stereocenters. The van der Waals surface area contributed by atoms with Crippen molar-refractivity contribution in [3.63, 3.8) is 0 Å². The van der Waals surface area contributed by atoms with Gasteiger partial charge in [-0.05, 0) is 37.1 Å². The van der Waals surface area contributed by atoms with Crippen LogP contribution in [0.25, 0.3) is 0 Å². The molecule has 1 saturated carbocycles. The number of nitrogens with zero attached hydrogens (tertiary/aromatic N) is 2. The highest BCUT2D eigenvalue weighted by Crippen LogP contribution is 2.39. The predicted molar refractivity (Wildman–Crippen MR) is 92.4 cm³/mol. The number of rotatable bonds is 5. The van der Waals surface area contributed by atoms with Crippen LogP contribution in [0.2, 0.25) is 0 Å². The highest BCUT2D eigenvalue weighted by Gasteiger charge is 2.55. The van der Waals surface area contributed by atoms with Crippen LogP contribution >= 0.6 is 0 Å². The molecule has 3 rings (SSSR count). The maximum atomic E-state index is 12.9. The van der Waals surface area contributed by atoms with Gasteiger partial charge in [-0.25, -0.2) is 9.18 Å². The molecule has 0 atom stereocenters. The molecule has 1 aliphatic carbocycles. The molecule has 1 saturated heterocycles. The lowest BCUT2D eigenvalue weighted by molar-refractivity contribution is -0.147. The van der Waals surface area contributed by atoms with Gasteiger partial charge in [0, 0.05) is 12.6 Å². The lowest BCUT2D eigenvalue weighted by Gasteiger charge is -2.35. The number of benzene rings is 1. The fraction of sp³-hybridized carbons (Fsp3) is 0.474. The molecule has 2 aliphatic rings. The van der Waals surface area contributed by atoms with Crippen LogP contribution in [-0.2, 0) is 14.3 Å². The molecule has 8 heteroatoms. The number of likely N-dealkylation sites (N-methyl/N-ethyl adjacent to an activating group) is 1. The molecule has 1 aromatic rings. The van der Waals surface area contributed by atoms with Gasteiger partial charge in [-0.15, -0.1) is 0 Å². The number of amides is 3. The maximum Gasteiger partial charge on any atom is 0.327 e. The molecule has 7 nitrogen and oxygen atoms in total. The summed E-state index contributed by atoms with van der Waals surface area (Å²) in [5, 5.41) is 0. The summed E-state index contributed by atoms with van der Waals surface area (Å²) >= 11 is 0. The van der Waals surface area contributed by atoms with Crippen LogP contribution in [0.1, 0.15) is 42.5 Å². The van der Waals surface area contributed by atoms with E-state index in [-0.39, 0.29) is 11.5 Å². The summed E-state index contributed by atoms with van der Waals surface area (Å²) in [5.74, 6) is -2.19. The Morgan fingerprint density at radius 1 is 1.11 bits per heavy atom. The van der Waals surface area contributed by atoms with Gasteiger partial charge in [0.1, 0.15) is 17.9 Å². The lowest BCUT2D eigenvalue weighted by atomic mass is 9.81. The average Bonchev–Trinajstić information content (AvgIpc) is 2.83.